The van der Waals surface area contributed by atoms with Crippen molar-refractivity contribution in [3.63, 3.8) is 0 Å². The van der Waals surface area contributed by atoms with E-state index in [1.807, 2.05) is 0 Å². The molecule has 0 spiro atoms. The number of aromatic nitrogens is 2. The lowest BCUT2D eigenvalue weighted by molar-refractivity contribution is 0.102. The number of anilines is 1. The van der Waals surface area contributed by atoms with Crippen LogP contribution in [-0.4, -0.2) is 21.0 Å². The maximum atomic E-state index is 11.8. The maximum Gasteiger partial charge on any atom is 0.256 e. The molecule has 2 heterocycles. The van der Waals surface area contributed by atoms with Gasteiger partial charge in [0.05, 0.1) is 12.3 Å². The van der Waals surface area contributed by atoms with E-state index in [0.717, 1.165) is 0 Å². The van der Waals surface area contributed by atoms with Gasteiger partial charge in [0.1, 0.15) is 5.82 Å². The standard InChI is InChI=1S/C12H11N3O2/c16-8-10-7-9(4-6-13-10)12(17)15-11-3-1-2-5-14-11/h1-7,16H,8H2,(H,14,15,17). The highest BCUT2D eigenvalue weighted by molar-refractivity contribution is 6.03. The summed E-state index contributed by atoms with van der Waals surface area (Å²) in [4.78, 5) is 19.7. The molecule has 5 heteroatoms. The molecule has 0 unspecified atom stereocenters. The van der Waals surface area contributed by atoms with Crippen LogP contribution in [0.4, 0.5) is 5.82 Å². The Morgan fingerprint density at radius 1 is 1.24 bits per heavy atom. The van der Waals surface area contributed by atoms with E-state index in [4.69, 9.17) is 5.11 Å². The van der Waals surface area contributed by atoms with Crippen molar-refractivity contribution < 1.29 is 9.90 Å². The summed E-state index contributed by atoms with van der Waals surface area (Å²) in [5, 5.41) is 11.6. The SMILES string of the molecule is O=C(Nc1ccccn1)c1ccnc(CO)c1. The summed E-state index contributed by atoms with van der Waals surface area (Å²) in [5.41, 5.74) is 0.897. The minimum atomic E-state index is -0.277. The van der Waals surface area contributed by atoms with Crippen LogP contribution in [0.15, 0.2) is 42.7 Å². The van der Waals surface area contributed by atoms with Crippen LogP contribution in [0.3, 0.4) is 0 Å². The van der Waals surface area contributed by atoms with Gasteiger partial charge in [-0.1, -0.05) is 6.07 Å². The van der Waals surface area contributed by atoms with Crippen LogP contribution in [-0.2, 0) is 6.61 Å². The number of carbonyl (C=O) groups excluding carboxylic acids is 1. The predicted molar refractivity (Wildman–Crippen MR) is 62.4 cm³/mol. The zero-order valence-corrected chi connectivity index (χ0v) is 9.00. The highest BCUT2D eigenvalue weighted by Gasteiger charge is 2.07. The van der Waals surface area contributed by atoms with Gasteiger partial charge in [0.25, 0.3) is 5.91 Å². The lowest BCUT2D eigenvalue weighted by Crippen LogP contribution is -2.13. The minimum Gasteiger partial charge on any atom is -0.390 e. The van der Waals surface area contributed by atoms with Crippen molar-refractivity contribution in [2.75, 3.05) is 5.32 Å². The molecule has 0 radical (unpaired) electrons. The molecule has 0 aromatic carbocycles. The van der Waals surface area contributed by atoms with Crippen LogP contribution in [0.5, 0.6) is 0 Å². The number of amides is 1. The van der Waals surface area contributed by atoms with E-state index in [-0.39, 0.29) is 12.5 Å². The highest BCUT2D eigenvalue weighted by Crippen LogP contribution is 2.06. The quantitative estimate of drug-likeness (QED) is 0.829. The van der Waals surface area contributed by atoms with Gasteiger partial charge in [-0.3, -0.25) is 9.78 Å². The number of rotatable bonds is 3. The molecule has 17 heavy (non-hydrogen) atoms. The van der Waals surface area contributed by atoms with Crippen LogP contribution in [0.2, 0.25) is 0 Å². The Labute approximate surface area is 98.2 Å². The summed E-state index contributed by atoms with van der Waals surface area (Å²) in [7, 11) is 0. The normalized spacial score (nSPS) is 9.94. The summed E-state index contributed by atoms with van der Waals surface area (Å²) < 4.78 is 0. The van der Waals surface area contributed by atoms with Crippen molar-refractivity contribution in [1.29, 1.82) is 0 Å². The maximum absolute atomic E-state index is 11.8. The Morgan fingerprint density at radius 2 is 2.12 bits per heavy atom. The van der Waals surface area contributed by atoms with Crippen molar-refractivity contribution in [2.45, 2.75) is 6.61 Å². The van der Waals surface area contributed by atoms with Crippen molar-refractivity contribution in [1.82, 2.24) is 9.97 Å². The van der Waals surface area contributed by atoms with Gasteiger partial charge in [0.2, 0.25) is 0 Å². The van der Waals surface area contributed by atoms with E-state index < -0.39 is 0 Å². The van der Waals surface area contributed by atoms with Crippen molar-refractivity contribution in [3.8, 4) is 0 Å². The molecule has 0 aliphatic heterocycles. The van der Waals surface area contributed by atoms with Gasteiger partial charge in [-0.2, -0.15) is 0 Å². The topological polar surface area (TPSA) is 75.1 Å². The van der Waals surface area contributed by atoms with Crippen molar-refractivity contribution in [3.05, 3.63) is 54.0 Å². The number of nitrogens with one attached hydrogen (secondary N) is 1. The predicted octanol–water partition coefficient (Wildman–Crippen LogP) is 1.22. The average molecular weight is 229 g/mol. The van der Waals surface area contributed by atoms with Gasteiger partial charge in [0.15, 0.2) is 0 Å². The fraction of sp³-hybridized carbons (Fsp3) is 0.0833. The summed E-state index contributed by atoms with van der Waals surface area (Å²) in [6.07, 6.45) is 3.08. The van der Waals surface area contributed by atoms with Crippen LogP contribution >= 0.6 is 0 Å². The molecule has 2 aromatic heterocycles. The van der Waals surface area contributed by atoms with Crippen LogP contribution in [0.25, 0.3) is 0 Å². The lowest BCUT2D eigenvalue weighted by atomic mass is 10.2. The molecule has 2 rings (SSSR count). The zero-order valence-electron chi connectivity index (χ0n) is 9.00. The Balaban J connectivity index is 2.14. The average Bonchev–Trinajstić information content (AvgIpc) is 2.40. The molecule has 0 saturated carbocycles. The molecular formula is C12H11N3O2. The second kappa shape index (κ2) is 5.18. The van der Waals surface area contributed by atoms with E-state index in [1.54, 1.807) is 30.5 Å². The second-order valence-electron chi connectivity index (χ2n) is 3.36. The smallest absolute Gasteiger partial charge is 0.256 e. The van der Waals surface area contributed by atoms with E-state index in [2.05, 4.69) is 15.3 Å². The Hall–Kier alpha value is -2.27. The van der Waals surface area contributed by atoms with E-state index in [0.29, 0.717) is 17.1 Å². The molecule has 0 bridgehead atoms. The van der Waals surface area contributed by atoms with Gasteiger partial charge in [0, 0.05) is 18.0 Å². The summed E-state index contributed by atoms with van der Waals surface area (Å²) in [5.74, 6) is 0.209. The Kier molecular flexibility index (Phi) is 3.42. The van der Waals surface area contributed by atoms with Crippen LogP contribution in [0.1, 0.15) is 16.1 Å². The van der Waals surface area contributed by atoms with Crippen LogP contribution < -0.4 is 5.32 Å². The third-order valence-electron chi connectivity index (χ3n) is 2.15. The summed E-state index contributed by atoms with van der Waals surface area (Å²) in [6, 6.07) is 8.38. The number of aliphatic hydroxyl groups excluding tert-OH is 1. The summed E-state index contributed by atoms with van der Waals surface area (Å²) >= 11 is 0. The van der Waals surface area contributed by atoms with Crippen LogP contribution in [0, 0.1) is 0 Å². The zero-order chi connectivity index (χ0) is 12.1. The number of nitrogens with zero attached hydrogens (tertiary/aromatic N) is 2. The fourth-order valence-electron chi connectivity index (χ4n) is 1.33. The number of hydrogen-bond donors (Lipinski definition) is 2. The molecule has 0 aliphatic rings. The number of hydrogen-bond acceptors (Lipinski definition) is 4. The van der Waals surface area contributed by atoms with Gasteiger partial charge >= 0.3 is 0 Å². The third kappa shape index (κ3) is 2.85. The molecule has 2 aromatic rings. The molecule has 86 valence electrons. The number of aliphatic hydroxyl groups is 1. The first-order valence-electron chi connectivity index (χ1n) is 5.08. The number of carbonyl (C=O) groups is 1. The summed E-state index contributed by atoms with van der Waals surface area (Å²) in [6.45, 7) is -0.190. The first-order valence-corrected chi connectivity index (χ1v) is 5.08. The molecule has 2 N–H and O–H groups in total. The van der Waals surface area contributed by atoms with Gasteiger partial charge in [-0.15, -0.1) is 0 Å². The number of pyridine rings is 2. The molecule has 0 aliphatic carbocycles. The molecule has 0 saturated heterocycles. The molecule has 1 amide bonds. The minimum absolute atomic E-state index is 0.190. The molecular weight excluding hydrogens is 218 g/mol. The molecule has 5 nitrogen and oxygen atoms in total. The fourth-order valence-corrected chi connectivity index (χ4v) is 1.33. The third-order valence-corrected chi connectivity index (χ3v) is 2.15. The van der Waals surface area contributed by atoms with Gasteiger partial charge in [-0.25, -0.2) is 4.98 Å². The first kappa shape index (κ1) is 11.2. The van der Waals surface area contributed by atoms with E-state index in [1.165, 1.54) is 12.3 Å². The Bertz CT molecular complexity index is 514. The first-order chi connectivity index (χ1) is 8.29. The van der Waals surface area contributed by atoms with Crippen molar-refractivity contribution in [2.24, 2.45) is 0 Å². The Morgan fingerprint density at radius 3 is 2.82 bits per heavy atom. The second-order valence-corrected chi connectivity index (χ2v) is 3.36. The van der Waals surface area contributed by atoms with E-state index >= 15 is 0 Å². The van der Waals surface area contributed by atoms with E-state index in [9.17, 15) is 4.79 Å². The van der Waals surface area contributed by atoms with Gasteiger partial charge in [-0.05, 0) is 24.3 Å². The lowest BCUT2D eigenvalue weighted by Gasteiger charge is -2.04. The highest BCUT2D eigenvalue weighted by atomic mass is 16.3. The monoisotopic (exact) mass is 229 g/mol. The molecule has 0 atom stereocenters. The van der Waals surface area contributed by atoms with Crippen molar-refractivity contribution >= 4 is 11.7 Å². The molecule has 0 fully saturated rings. The largest absolute Gasteiger partial charge is 0.390 e. The van der Waals surface area contributed by atoms with Gasteiger partial charge < -0.3 is 10.4 Å².